The molecule has 0 atom stereocenters. The Morgan fingerprint density at radius 3 is 2.64 bits per heavy atom. The Morgan fingerprint density at radius 1 is 1.23 bits per heavy atom. The monoisotopic (exact) mass is 316 g/mol. The summed E-state index contributed by atoms with van der Waals surface area (Å²) in [6.07, 6.45) is 1.80. The molecule has 0 aliphatic heterocycles. The van der Waals surface area contributed by atoms with Crippen LogP contribution in [0.25, 0.3) is 11.3 Å². The van der Waals surface area contributed by atoms with Crippen molar-refractivity contribution in [3.8, 4) is 0 Å². The summed E-state index contributed by atoms with van der Waals surface area (Å²) in [6.45, 7) is 6.83. The Labute approximate surface area is 135 Å². The van der Waals surface area contributed by atoms with Crippen LogP contribution in [-0.4, -0.2) is 17.2 Å². The molecule has 0 saturated heterocycles. The summed E-state index contributed by atoms with van der Waals surface area (Å²) in [6, 6.07) is 7.78. The SMILES string of the molecule is CN/C(C)=c1\c(NCc2cccc(Cl)c2)nncc1=C(C)C. The van der Waals surface area contributed by atoms with Gasteiger partial charge in [0.2, 0.25) is 0 Å². The van der Waals surface area contributed by atoms with Crippen molar-refractivity contribution in [3.63, 3.8) is 0 Å². The van der Waals surface area contributed by atoms with Crippen molar-refractivity contribution >= 4 is 28.7 Å². The minimum Gasteiger partial charge on any atom is -0.391 e. The molecule has 5 heteroatoms. The van der Waals surface area contributed by atoms with E-state index in [9.17, 15) is 0 Å². The molecule has 0 radical (unpaired) electrons. The van der Waals surface area contributed by atoms with Gasteiger partial charge in [0, 0.05) is 34.7 Å². The average Bonchev–Trinajstić information content (AvgIpc) is 2.51. The van der Waals surface area contributed by atoms with Gasteiger partial charge in [0.25, 0.3) is 0 Å². The van der Waals surface area contributed by atoms with Gasteiger partial charge in [-0.1, -0.05) is 29.3 Å². The zero-order chi connectivity index (χ0) is 16.1. The molecule has 2 aromatic rings. The van der Waals surface area contributed by atoms with E-state index in [0.29, 0.717) is 6.54 Å². The third-order valence-corrected chi connectivity index (χ3v) is 3.72. The summed E-state index contributed by atoms with van der Waals surface area (Å²) in [5, 5.41) is 17.8. The maximum Gasteiger partial charge on any atom is 0.158 e. The zero-order valence-corrected chi connectivity index (χ0v) is 14.1. The lowest BCUT2D eigenvalue weighted by atomic mass is 10.2. The van der Waals surface area contributed by atoms with Gasteiger partial charge >= 0.3 is 0 Å². The van der Waals surface area contributed by atoms with Crippen molar-refractivity contribution in [1.29, 1.82) is 0 Å². The first kappa shape index (κ1) is 16.3. The van der Waals surface area contributed by atoms with Gasteiger partial charge in [-0.05, 0) is 38.5 Å². The molecule has 0 aliphatic rings. The molecule has 116 valence electrons. The predicted molar refractivity (Wildman–Crippen MR) is 93.0 cm³/mol. The highest BCUT2D eigenvalue weighted by atomic mass is 35.5. The number of rotatable bonds is 4. The second-order valence-corrected chi connectivity index (χ2v) is 5.78. The molecule has 4 nitrogen and oxygen atoms in total. The lowest BCUT2D eigenvalue weighted by Gasteiger charge is -2.09. The predicted octanol–water partition coefficient (Wildman–Crippen LogP) is 2.28. The van der Waals surface area contributed by atoms with Crippen LogP contribution >= 0.6 is 11.6 Å². The van der Waals surface area contributed by atoms with Crippen LogP contribution in [0.1, 0.15) is 26.3 Å². The van der Waals surface area contributed by atoms with E-state index < -0.39 is 0 Å². The Kier molecular flexibility index (Phi) is 5.39. The fourth-order valence-electron chi connectivity index (χ4n) is 2.23. The van der Waals surface area contributed by atoms with Gasteiger partial charge in [-0.3, -0.25) is 0 Å². The molecule has 2 N–H and O–H groups in total. The topological polar surface area (TPSA) is 49.8 Å². The minimum absolute atomic E-state index is 0.644. The first-order valence-corrected chi connectivity index (χ1v) is 7.57. The number of halogens is 1. The van der Waals surface area contributed by atoms with Crippen molar-refractivity contribution < 1.29 is 0 Å². The maximum atomic E-state index is 6.02. The number of nitrogens with one attached hydrogen (secondary N) is 2. The minimum atomic E-state index is 0.644. The second-order valence-electron chi connectivity index (χ2n) is 5.34. The molecule has 0 aliphatic carbocycles. The molecule has 1 heterocycles. The van der Waals surface area contributed by atoms with Gasteiger partial charge in [0.15, 0.2) is 5.82 Å². The van der Waals surface area contributed by atoms with E-state index in [2.05, 4.69) is 34.7 Å². The van der Waals surface area contributed by atoms with Crippen LogP contribution in [0, 0.1) is 0 Å². The van der Waals surface area contributed by atoms with Gasteiger partial charge in [-0.2, -0.15) is 5.10 Å². The third-order valence-electron chi connectivity index (χ3n) is 3.49. The van der Waals surface area contributed by atoms with E-state index in [1.54, 1.807) is 6.20 Å². The number of nitrogens with zero attached hydrogens (tertiary/aromatic N) is 2. The highest BCUT2D eigenvalue weighted by Crippen LogP contribution is 2.11. The average molecular weight is 317 g/mol. The number of aromatic nitrogens is 2. The molecule has 1 aromatic heterocycles. The molecular weight excluding hydrogens is 296 g/mol. The van der Waals surface area contributed by atoms with Crippen LogP contribution in [-0.2, 0) is 6.54 Å². The number of hydrogen-bond acceptors (Lipinski definition) is 4. The number of benzene rings is 1. The molecule has 2 rings (SSSR count). The molecule has 22 heavy (non-hydrogen) atoms. The quantitative estimate of drug-likeness (QED) is 0.908. The Balaban J connectivity index is 2.45. The summed E-state index contributed by atoms with van der Waals surface area (Å²) < 4.78 is 0. The van der Waals surface area contributed by atoms with Gasteiger partial charge in [-0.15, -0.1) is 5.10 Å². The standard InChI is InChI=1S/C17H21ClN4/c1-11(2)15-10-21-22-17(16(15)12(3)19-4)20-9-13-6-5-7-14(18)8-13/h5-8,10,19H,9H2,1-4H3,(H,20,22)/b16-12-. The number of hydrogen-bond donors (Lipinski definition) is 2. The van der Waals surface area contributed by atoms with Gasteiger partial charge in [0.05, 0.1) is 6.20 Å². The van der Waals surface area contributed by atoms with Crippen LogP contribution in [0.3, 0.4) is 0 Å². The number of anilines is 1. The fraction of sp³-hybridized carbons (Fsp3) is 0.294. The normalized spacial score (nSPS) is 11.9. The largest absolute Gasteiger partial charge is 0.391 e. The summed E-state index contributed by atoms with van der Waals surface area (Å²) in [7, 11) is 1.91. The molecule has 0 amide bonds. The van der Waals surface area contributed by atoms with Crippen LogP contribution in [0.4, 0.5) is 5.82 Å². The summed E-state index contributed by atoms with van der Waals surface area (Å²) in [4.78, 5) is 0. The highest BCUT2D eigenvalue weighted by Gasteiger charge is 2.04. The van der Waals surface area contributed by atoms with E-state index in [0.717, 1.165) is 32.5 Å². The van der Waals surface area contributed by atoms with Crippen LogP contribution in [0.2, 0.25) is 5.02 Å². The molecule has 0 fully saturated rings. The Morgan fingerprint density at radius 2 is 2.00 bits per heavy atom. The van der Waals surface area contributed by atoms with Gasteiger partial charge < -0.3 is 10.6 Å². The van der Waals surface area contributed by atoms with Crippen molar-refractivity contribution in [2.75, 3.05) is 12.4 Å². The highest BCUT2D eigenvalue weighted by molar-refractivity contribution is 6.30. The van der Waals surface area contributed by atoms with Gasteiger partial charge in [0.1, 0.15) is 0 Å². The molecule has 0 saturated carbocycles. The van der Waals surface area contributed by atoms with Crippen LogP contribution < -0.4 is 21.1 Å². The van der Waals surface area contributed by atoms with E-state index >= 15 is 0 Å². The Hall–Kier alpha value is -2.07. The maximum absolute atomic E-state index is 6.02. The van der Waals surface area contributed by atoms with E-state index in [4.69, 9.17) is 11.6 Å². The lowest BCUT2D eigenvalue weighted by molar-refractivity contribution is 0.966. The van der Waals surface area contributed by atoms with Crippen molar-refractivity contribution in [2.24, 2.45) is 0 Å². The summed E-state index contributed by atoms with van der Waals surface area (Å²) in [5.74, 6) is 0.769. The molecule has 0 bridgehead atoms. The van der Waals surface area contributed by atoms with E-state index in [1.807, 2.05) is 38.2 Å². The molecular formula is C17H21ClN4. The van der Waals surface area contributed by atoms with Crippen molar-refractivity contribution in [2.45, 2.75) is 27.3 Å². The third kappa shape index (κ3) is 3.77. The van der Waals surface area contributed by atoms with E-state index in [1.165, 1.54) is 5.57 Å². The summed E-state index contributed by atoms with van der Waals surface area (Å²) in [5.41, 5.74) is 3.36. The van der Waals surface area contributed by atoms with Gasteiger partial charge in [-0.25, -0.2) is 0 Å². The Bertz CT molecular complexity index is 779. The first-order valence-electron chi connectivity index (χ1n) is 7.19. The first-order chi connectivity index (χ1) is 10.5. The summed E-state index contributed by atoms with van der Waals surface area (Å²) >= 11 is 6.02. The molecule has 0 unspecified atom stereocenters. The zero-order valence-electron chi connectivity index (χ0n) is 13.4. The van der Waals surface area contributed by atoms with Crippen molar-refractivity contribution in [3.05, 3.63) is 51.5 Å². The smallest absolute Gasteiger partial charge is 0.158 e. The van der Waals surface area contributed by atoms with Crippen molar-refractivity contribution in [1.82, 2.24) is 15.5 Å². The fourth-order valence-corrected chi connectivity index (χ4v) is 2.44. The van der Waals surface area contributed by atoms with E-state index in [-0.39, 0.29) is 0 Å². The molecule has 1 aromatic carbocycles. The van der Waals surface area contributed by atoms with Crippen LogP contribution in [0.5, 0.6) is 0 Å². The molecule has 0 spiro atoms. The lowest BCUT2D eigenvalue weighted by Crippen LogP contribution is -2.35. The van der Waals surface area contributed by atoms with Crippen LogP contribution in [0.15, 0.2) is 30.5 Å². The second kappa shape index (κ2) is 7.27.